The predicted molar refractivity (Wildman–Crippen MR) is 95.1 cm³/mol. The lowest BCUT2D eigenvalue weighted by Gasteiger charge is -2.07. The van der Waals surface area contributed by atoms with Crippen molar-refractivity contribution in [2.24, 2.45) is 0 Å². The molecule has 0 fully saturated rings. The van der Waals surface area contributed by atoms with Crippen LogP contribution >= 0.6 is 23.2 Å². The van der Waals surface area contributed by atoms with E-state index in [0.717, 1.165) is 0 Å². The molecule has 3 rings (SSSR count). The van der Waals surface area contributed by atoms with E-state index >= 15 is 0 Å². The quantitative estimate of drug-likeness (QED) is 0.498. The van der Waals surface area contributed by atoms with Gasteiger partial charge >= 0.3 is 5.97 Å². The highest BCUT2D eigenvalue weighted by molar-refractivity contribution is 6.33. The van der Waals surface area contributed by atoms with E-state index in [9.17, 15) is 4.79 Å². The lowest BCUT2D eigenvalue weighted by Crippen LogP contribution is -2.13. The first-order chi connectivity index (χ1) is 12.1. The Labute approximate surface area is 153 Å². The maximum Gasteiger partial charge on any atom is 0.357 e. The number of carbonyl (C=O) groups is 1. The molecule has 0 saturated carbocycles. The highest BCUT2D eigenvalue weighted by atomic mass is 35.5. The van der Waals surface area contributed by atoms with Gasteiger partial charge in [0.25, 0.3) is 0 Å². The van der Waals surface area contributed by atoms with Gasteiger partial charge in [-0.1, -0.05) is 35.9 Å². The number of rotatable bonds is 5. The molecule has 0 saturated heterocycles. The fourth-order valence-electron chi connectivity index (χ4n) is 2.12. The molecule has 6 nitrogen and oxygen atoms in total. The van der Waals surface area contributed by atoms with Gasteiger partial charge in [-0.05, 0) is 24.3 Å². The second-order valence-electron chi connectivity index (χ2n) is 4.86. The Hall–Kier alpha value is -2.70. The van der Waals surface area contributed by atoms with E-state index in [1.165, 1.54) is 16.8 Å². The predicted octanol–water partition coefficient (Wildman–Crippen LogP) is 3.98. The van der Waals surface area contributed by atoms with Crippen LogP contribution < -0.4 is 0 Å². The van der Waals surface area contributed by atoms with Gasteiger partial charge in [0.2, 0.25) is 0 Å². The average molecular weight is 375 g/mol. The summed E-state index contributed by atoms with van der Waals surface area (Å²) in [6.45, 7) is 3.59. The molecule has 0 aliphatic rings. The molecule has 0 bridgehead atoms. The molecule has 3 aromatic heterocycles. The van der Waals surface area contributed by atoms with Gasteiger partial charge in [0.1, 0.15) is 18.0 Å². The van der Waals surface area contributed by atoms with Crippen molar-refractivity contribution >= 4 is 29.2 Å². The Kier molecular flexibility index (Phi) is 5.11. The number of halogens is 2. The van der Waals surface area contributed by atoms with E-state index in [-0.39, 0.29) is 12.3 Å². The van der Waals surface area contributed by atoms with Gasteiger partial charge in [0, 0.05) is 18.5 Å². The van der Waals surface area contributed by atoms with Crippen molar-refractivity contribution in [3.05, 3.63) is 71.1 Å². The fourth-order valence-corrected chi connectivity index (χ4v) is 2.54. The van der Waals surface area contributed by atoms with Crippen molar-refractivity contribution in [1.82, 2.24) is 19.7 Å². The minimum absolute atomic E-state index is 0.0691. The molecular weight excluding hydrogens is 363 g/mol. The molecule has 3 heterocycles. The van der Waals surface area contributed by atoms with Crippen LogP contribution in [0.3, 0.4) is 0 Å². The number of carbonyl (C=O) groups excluding carboxylic acids is 1. The van der Waals surface area contributed by atoms with Crippen LogP contribution in [0.1, 0.15) is 10.5 Å². The van der Waals surface area contributed by atoms with Crippen LogP contribution in [0.4, 0.5) is 0 Å². The summed E-state index contributed by atoms with van der Waals surface area (Å²) < 4.78 is 6.43. The third kappa shape index (κ3) is 3.55. The number of aromatic nitrogens is 4. The van der Waals surface area contributed by atoms with E-state index in [1.807, 2.05) is 0 Å². The van der Waals surface area contributed by atoms with Crippen LogP contribution in [-0.4, -0.2) is 32.3 Å². The zero-order valence-electron chi connectivity index (χ0n) is 12.9. The summed E-state index contributed by atoms with van der Waals surface area (Å²) in [5.41, 5.74) is 0.991. The summed E-state index contributed by atoms with van der Waals surface area (Å²) >= 11 is 12.4. The maximum absolute atomic E-state index is 12.4. The van der Waals surface area contributed by atoms with E-state index < -0.39 is 5.97 Å². The molecule has 3 aromatic rings. The third-order valence-electron chi connectivity index (χ3n) is 3.19. The standard InChI is InChI=1S/C17H12Cl2N4O2/c1-2-9-25-17(24)14-10-13(15-11(18)5-3-7-20-15)22-23(14)16-12(19)6-4-8-21-16/h2-8,10H,1,9H2. The first kappa shape index (κ1) is 17.1. The molecule has 25 heavy (non-hydrogen) atoms. The van der Waals surface area contributed by atoms with E-state index in [0.29, 0.717) is 27.3 Å². The topological polar surface area (TPSA) is 69.9 Å². The van der Waals surface area contributed by atoms with E-state index in [4.69, 9.17) is 27.9 Å². The van der Waals surface area contributed by atoms with Crippen LogP contribution in [-0.2, 0) is 4.74 Å². The SMILES string of the molecule is C=CCOC(=O)c1cc(-c2ncccc2Cl)nn1-c1ncccc1Cl. The van der Waals surface area contributed by atoms with E-state index in [2.05, 4.69) is 21.6 Å². The Morgan fingerprint density at radius 1 is 1.20 bits per heavy atom. The molecule has 0 radical (unpaired) electrons. The monoisotopic (exact) mass is 374 g/mol. The van der Waals surface area contributed by atoms with Gasteiger partial charge < -0.3 is 4.74 Å². The maximum atomic E-state index is 12.4. The molecule has 0 N–H and O–H groups in total. The second-order valence-corrected chi connectivity index (χ2v) is 5.67. The molecule has 0 amide bonds. The van der Waals surface area contributed by atoms with Gasteiger partial charge in [-0.3, -0.25) is 4.98 Å². The Bertz CT molecular complexity index is 940. The van der Waals surface area contributed by atoms with E-state index in [1.54, 1.807) is 36.7 Å². The number of hydrogen-bond donors (Lipinski definition) is 0. The molecule has 8 heteroatoms. The highest BCUT2D eigenvalue weighted by Gasteiger charge is 2.22. The lowest BCUT2D eigenvalue weighted by atomic mass is 10.2. The molecule has 0 spiro atoms. The van der Waals surface area contributed by atoms with Gasteiger partial charge in [-0.2, -0.15) is 5.10 Å². The van der Waals surface area contributed by atoms with Crippen LogP contribution in [0.15, 0.2) is 55.4 Å². The summed E-state index contributed by atoms with van der Waals surface area (Å²) in [4.78, 5) is 20.8. The zero-order chi connectivity index (χ0) is 17.8. The third-order valence-corrected chi connectivity index (χ3v) is 3.79. The second kappa shape index (κ2) is 7.46. The minimum atomic E-state index is -0.590. The Balaban J connectivity index is 2.15. The summed E-state index contributed by atoms with van der Waals surface area (Å²) in [7, 11) is 0. The zero-order valence-corrected chi connectivity index (χ0v) is 14.4. The first-order valence-corrected chi connectivity index (χ1v) is 7.97. The van der Waals surface area contributed by atoms with Crippen molar-refractivity contribution in [3.63, 3.8) is 0 Å². The summed E-state index contributed by atoms with van der Waals surface area (Å²) in [6, 6.07) is 8.26. The van der Waals surface area contributed by atoms with Crippen LogP contribution in [0.2, 0.25) is 10.0 Å². The number of nitrogens with zero attached hydrogens (tertiary/aromatic N) is 4. The summed E-state index contributed by atoms with van der Waals surface area (Å²) in [6.07, 6.45) is 4.61. The average Bonchev–Trinajstić information content (AvgIpc) is 3.05. The Morgan fingerprint density at radius 2 is 1.92 bits per heavy atom. The van der Waals surface area contributed by atoms with Gasteiger partial charge in [0.05, 0.1) is 10.0 Å². The molecule has 0 aliphatic carbocycles. The summed E-state index contributed by atoms with van der Waals surface area (Å²) in [5, 5.41) is 5.14. The number of ether oxygens (including phenoxy) is 1. The van der Waals surface area contributed by atoms with Crippen molar-refractivity contribution in [3.8, 4) is 17.2 Å². The highest BCUT2D eigenvalue weighted by Crippen LogP contribution is 2.27. The molecular formula is C17H12Cl2N4O2. The first-order valence-electron chi connectivity index (χ1n) is 7.21. The minimum Gasteiger partial charge on any atom is -0.457 e. The molecule has 0 aromatic carbocycles. The van der Waals surface area contributed by atoms with Crippen LogP contribution in [0.25, 0.3) is 17.2 Å². The van der Waals surface area contributed by atoms with Crippen LogP contribution in [0.5, 0.6) is 0 Å². The largest absolute Gasteiger partial charge is 0.457 e. The molecule has 0 unspecified atom stereocenters. The van der Waals surface area contributed by atoms with Gasteiger partial charge in [0.15, 0.2) is 11.5 Å². The number of pyridine rings is 2. The smallest absolute Gasteiger partial charge is 0.357 e. The van der Waals surface area contributed by atoms with Crippen molar-refractivity contribution in [2.45, 2.75) is 0 Å². The van der Waals surface area contributed by atoms with Gasteiger partial charge in [-0.25, -0.2) is 14.5 Å². The number of esters is 1. The Morgan fingerprint density at radius 3 is 2.60 bits per heavy atom. The van der Waals surface area contributed by atoms with Crippen molar-refractivity contribution in [2.75, 3.05) is 6.61 Å². The molecule has 126 valence electrons. The lowest BCUT2D eigenvalue weighted by molar-refractivity contribution is 0.0539. The van der Waals surface area contributed by atoms with Crippen LogP contribution in [0, 0.1) is 0 Å². The number of hydrogen-bond acceptors (Lipinski definition) is 5. The fraction of sp³-hybridized carbons (Fsp3) is 0.0588. The van der Waals surface area contributed by atoms with Crippen molar-refractivity contribution < 1.29 is 9.53 Å². The normalized spacial score (nSPS) is 10.5. The summed E-state index contributed by atoms with van der Waals surface area (Å²) in [5.74, 6) is -0.291. The molecule has 0 aliphatic heterocycles. The van der Waals surface area contributed by atoms with Gasteiger partial charge in [-0.15, -0.1) is 0 Å². The van der Waals surface area contributed by atoms with Crippen molar-refractivity contribution in [1.29, 1.82) is 0 Å². The molecule has 0 atom stereocenters.